The molecule has 5 nitrogen and oxygen atoms in total. The Bertz CT molecular complexity index is 604. The summed E-state index contributed by atoms with van der Waals surface area (Å²) >= 11 is 0. The summed E-state index contributed by atoms with van der Waals surface area (Å²) < 4.78 is 0. The minimum atomic E-state index is -1.06. The zero-order chi connectivity index (χ0) is 15.2. The summed E-state index contributed by atoms with van der Waals surface area (Å²) in [5, 5.41) is 9.57. The SMILES string of the molecule is CC1(C(=O)O)CCCCC1N1C(=O)c2ccccc2C1=O. The third-order valence-electron chi connectivity index (χ3n) is 4.78. The Hall–Kier alpha value is -2.17. The molecule has 110 valence electrons. The Morgan fingerprint density at radius 2 is 1.76 bits per heavy atom. The van der Waals surface area contributed by atoms with Crippen molar-refractivity contribution in [1.82, 2.24) is 4.90 Å². The summed E-state index contributed by atoms with van der Waals surface area (Å²) in [4.78, 5) is 37.9. The minimum absolute atomic E-state index is 0.366. The van der Waals surface area contributed by atoms with Crippen LogP contribution in [0.15, 0.2) is 24.3 Å². The predicted molar refractivity (Wildman–Crippen MR) is 74.9 cm³/mol. The molecule has 0 radical (unpaired) electrons. The van der Waals surface area contributed by atoms with Crippen LogP contribution in [0.5, 0.6) is 0 Å². The van der Waals surface area contributed by atoms with Crippen molar-refractivity contribution in [2.75, 3.05) is 0 Å². The molecule has 1 fully saturated rings. The van der Waals surface area contributed by atoms with Crippen LogP contribution in [-0.4, -0.2) is 33.8 Å². The molecule has 1 aromatic rings. The predicted octanol–water partition coefficient (Wildman–Crippen LogP) is 2.32. The normalized spacial score (nSPS) is 28.6. The molecular weight excluding hydrogens is 270 g/mol. The van der Waals surface area contributed by atoms with Gasteiger partial charge in [0, 0.05) is 0 Å². The molecule has 1 saturated carbocycles. The molecule has 0 bridgehead atoms. The Morgan fingerprint density at radius 1 is 1.19 bits per heavy atom. The highest BCUT2D eigenvalue weighted by Gasteiger charge is 2.51. The van der Waals surface area contributed by atoms with E-state index in [1.54, 1.807) is 31.2 Å². The molecule has 1 aliphatic carbocycles. The Labute approximate surface area is 122 Å². The third-order valence-corrected chi connectivity index (χ3v) is 4.78. The molecule has 2 atom stereocenters. The molecule has 2 unspecified atom stereocenters. The van der Waals surface area contributed by atoms with Gasteiger partial charge in [0.05, 0.1) is 22.6 Å². The summed E-state index contributed by atoms with van der Waals surface area (Å²) in [6.45, 7) is 1.64. The monoisotopic (exact) mass is 287 g/mol. The lowest BCUT2D eigenvalue weighted by Crippen LogP contribution is -2.54. The van der Waals surface area contributed by atoms with Crippen LogP contribution in [0.1, 0.15) is 53.3 Å². The average molecular weight is 287 g/mol. The lowest BCUT2D eigenvalue weighted by atomic mass is 9.71. The van der Waals surface area contributed by atoms with Gasteiger partial charge in [-0.25, -0.2) is 0 Å². The summed E-state index contributed by atoms with van der Waals surface area (Å²) in [6, 6.07) is 6.10. The number of fused-ring (bicyclic) bond motifs is 1. The zero-order valence-electron chi connectivity index (χ0n) is 11.8. The second kappa shape index (κ2) is 4.69. The van der Waals surface area contributed by atoms with E-state index < -0.39 is 17.4 Å². The molecular formula is C16H17NO4. The molecule has 2 aliphatic rings. The molecule has 1 N–H and O–H groups in total. The van der Waals surface area contributed by atoms with Gasteiger partial charge in [0.25, 0.3) is 11.8 Å². The number of carboxylic acid groups (broad SMARTS) is 1. The first-order chi connectivity index (χ1) is 9.97. The number of amides is 2. The van der Waals surface area contributed by atoms with Gasteiger partial charge in [0.15, 0.2) is 0 Å². The Kier molecular flexibility index (Phi) is 3.08. The second-order valence-electron chi connectivity index (χ2n) is 6.01. The van der Waals surface area contributed by atoms with Crippen molar-refractivity contribution >= 4 is 17.8 Å². The van der Waals surface area contributed by atoms with Gasteiger partial charge in [-0.05, 0) is 31.9 Å². The van der Waals surface area contributed by atoms with Crippen molar-refractivity contribution < 1.29 is 19.5 Å². The number of carbonyl (C=O) groups is 3. The van der Waals surface area contributed by atoms with Crippen molar-refractivity contribution in [3.8, 4) is 0 Å². The van der Waals surface area contributed by atoms with Gasteiger partial charge in [-0.15, -0.1) is 0 Å². The number of imide groups is 1. The number of hydrogen-bond donors (Lipinski definition) is 1. The van der Waals surface area contributed by atoms with E-state index >= 15 is 0 Å². The standard InChI is InChI=1S/C16H17NO4/c1-16(15(20)21)9-5-4-8-12(16)17-13(18)10-6-2-3-7-11(10)14(17)19/h2-3,6-7,12H,4-5,8-9H2,1H3,(H,20,21). The fourth-order valence-corrected chi connectivity index (χ4v) is 3.47. The highest BCUT2D eigenvalue weighted by molar-refractivity contribution is 6.21. The maximum absolute atomic E-state index is 12.5. The minimum Gasteiger partial charge on any atom is -0.481 e. The summed E-state index contributed by atoms with van der Waals surface area (Å²) in [7, 11) is 0. The third kappa shape index (κ3) is 1.87. The first-order valence-electron chi connectivity index (χ1n) is 7.17. The number of carbonyl (C=O) groups excluding carboxylic acids is 2. The molecule has 0 aromatic heterocycles. The largest absolute Gasteiger partial charge is 0.481 e. The van der Waals surface area contributed by atoms with Gasteiger partial charge >= 0.3 is 5.97 Å². The van der Waals surface area contributed by atoms with E-state index in [1.807, 2.05) is 0 Å². The number of rotatable bonds is 2. The van der Waals surface area contributed by atoms with Crippen LogP contribution in [0.25, 0.3) is 0 Å². The van der Waals surface area contributed by atoms with Crippen LogP contribution >= 0.6 is 0 Å². The molecule has 0 spiro atoms. The molecule has 2 amide bonds. The van der Waals surface area contributed by atoms with E-state index in [1.165, 1.54) is 4.90 Å². The lowest BCUT2D eigenvalue weighted by molar-refractivity contribution is -0.153. The number of hydrogen-bond acceptors (Lipinski definition) is 3. The topological polar surface area (TPSA) is 74.7 Å². The van der Waals surface area contributed by atoms with Crippen molar-refractivity contribution in [2.45, 2.75) is 38.6 Å². The van der Waals surface area contributed by atoms with E-state index in [9.17, 15) is 19.5 Å². The Morgan fingerprint density at radius 3 is 2.29 bits per heavy atom. The molecule has 1 aliphatic heterocycles. The number of nitrogens with zero attached hydrogens (tertiary/aromatic N) is 1. The first-order valence-corrected chi connectivity index (χ1v) is 7.17. The van der Waals surface area contributed by atoms with Crippen molar-refractivity contribution in [3.63, 3.8) is 0 Å². The zero-order valence-corrected chi connectivity index (χ0v) is 11.8. The maximum Gasteiger partial charge on any atom is 0.311 e. The van der Waals surface area contributed by atoms with Gasteiger partial charge in [0.2, 0.25) is 0 Å². The average Bonchev–Trinajstić information content (AvgIpc) is 2.72. The highest BCUT2D eigenvalue weighted by Crippen LogP contribution is 2.42. The fraction of sp³-hybridized carbons (Fsp3) is 0.438. The number of benzene rings is 1. The number of aliphatic carboxylic acids is 1. The van der Waals surface area contributed by atoms with Crippen molar-refractivity contribution in [2.24, 2.45) is 5.41 Å². The van der Waals surface area contributed by atoms with E-state index in [0.29, 0.717) is 24.0 Å². The molecule has 3 rings (SSSR count). The van der Waals surface area contributed by atoms with Gasteiger partial charge in [-0.3, -0.25) is 19.3 Å². The van der Waals surface area contributed by atoms with Crippen LogP contribution in [0.2, 0.25) is 0 Å². The first kappa shape index (κ1) is 13.8. The van der Waals surface area contributed by atoms with Crippen LogP contribution < -0.4 is 0 Å². The maximum atomic E-state index is 12.5. The van der Waals surface area contributed by atoms with Gasteiger partial charge < -0.3 is 5.11 Å². The number of carboxylic acids is 1. The highest BCUT2D eigenvalue weighted by atomic mass is 16.4. The van der Waals surface area contributed by atoms with E-state index in [-0.39, 0.29) is 11.8 Å². The molecule has 1 heterocycles. The molecule has 5 heteroatoms. The Balaban J connectivity index is 2.03. The summed E-state index contributed by atoms with van der Waals surface area (Å²) in [5.41, 5.74) is -0.312. The van der Waals surface area contributed by atoms with Gasteiger partial charge in [0.1, 0.15) is 0 Å². The second-order valence-corrected chi connectivity index (χ2v) is 6.01. The van der Waals surface area contributed by atoms with E-state index in [2.05, 4.69) is 0 Å². The van der Waals surface area contributed by atoms with Crippen molar-refractivity contribution in [1.29, 1.82) is 0 Å². The van der Waals surface area contributed by atoms with Crippen LogP contribution in [0.3, 0.4) is 0 Å². The van der Waals surface area contributed by atoms with Crippen LogP contribution in [0.4, 0.5) is 0 Å². The van der Waals surface area contributed by atoms with Gasteiger partial charge in [-0.2, -0.15) is 0 Å². The fourth-order valence-electron chi connectivity index (χ4n) is 3.47. The van der Waals surface area contributed by atoms with Crippen LogP contribution in [-0.2, 0) is 4.79 Å². The smallest absolute Gasteiger partial charge is 0.311 e. The lowest BCUT2D eigenvalue weighted by Gasteiger charge is -2.41. The van der Waals surface area contributed by atoms with Gasteiger partial charge in [-0.1, -0.05) is 25.0 Å². The molecule has 1 aromatic carbocycles. The van der Waals surface area contributed by atoms with Crippen LogP contribution in [0, 0.1) is 5.41 Å². The van der Waals surface area contributed by atoms with E-state index in [4.69, 9.17) is 0 Å². The van der Waals surface area contributed by atoms with Crippen molar-refractivity contribution in [3.05, 3.63) is 35.4 Å². The van der Waals surface area contributed by atoms with E-state index in [0.717, 1.165) is 12.8 Å². The molecule has 0 saturated heterocycles. The quantitative estimate of drug-likeness (QED) is 0.847. The summed E-state index contributed by atoms with van der Waals surface area (Å²) in [5.74, 6) is -1.67. The summed E-state index contributed by atoms with van der Waals surface area (Å²) in [6.07, 6.45) is 2.68. The molecule has 21 heavy (non-hydrogen) atoms.